The van der Waals surface area contributed by atoms with Crippen LogP contribution >= 0.6 is 0 Å². The monoisotopic (exact) mass is 853 g/mol. The van der Waals surface area contributed by atoms with Crippen molar-refractivity contribution < 1.29 is 24.2 Å². The third-order valence-corrected chi connectivity index (χ3v) is 11.6. The summed E-state index contributed by atoms with van der Waals surface area (Å²) in [6.07, 6.45) is 69.4. The van der Waals surface area contributed by atoms with Gasteiger partial charge in [-0.1, -0.05) is 254 Å². The molecule has 0 radical (unpaired) electrons. The van der Waals surface area contributed by atoms with E-state index in [9.17, 15) is 14.7 Å². The summed E-state index contributed by atoms with van der Waals surface area (Å²) in [4.78, 5) is 24.2. The Kier molecular flexibility index (Phi) is 49.9. The lowest BCUT2D eigenvalue weighted by Crippen LogP contribution is -2.28. The Morgan fingerprint density at radius 2 is 0.705 bits per heavy atom. The molecule has 0 fully saturated rings. The summed E-state index contributed by atoms with van der Waals surface area (Å²) < 4.78 is 10.6. The third kappa shape index (κ3) is 50.1. The van der Waals surface area contributed by atoms with E-state index >= 15 is 0 Å². The average Bonchev–Trinajstić information content (AvgIpc) is 3.26. The number of ether oxygens (including phenoxy) is 2. The van der Waals surface area contributed by atoms with Gasteiger partial charge in [-0.3, -0.25) is 9.59 Å². The summed E-state index contributed by atoms with van der Waals surface area (Å²) in [6.45, 7) is 4.01. The number of carbonyl (C=O) groups is 2. The van der Waals surface area contributed by atoms with Gasteiger partial charge in [0, 0.05) is 12.8 Å². The third-order valence-electron chi connectivity index (χ3n) is 11.6. The van der Waals surface area contributed by atoms with E-state index in [0.717, 1.165) is 70.6 Å². The molecule has 0 aliphatic rings. The Morgan fingerprint density at radius 3 is 1.07 bits per heavy atom. The molecule has 0 aliphatic carbocycles. The Hall–Kier alpha value is -2.40. The smallest absolute Gasteiger partial charge is 0.306 e. The van der Waals surface area contributed by atoms with Crippen LogP contribution in [-0.4, -0.2) is 36.4 Å². The van der Waals surface area contributed by atoms with E-state index in [1.54, 1.807) is 0 Å². The molecule has 61 heavy (non-hydrogen) atoms. The molecule has 0 aromatic heterocycles. The highest BCUT2D eigenvalue weighted by atomic mass is 16.6. The van der Waals surface area contributed by atoms with E-state index in [0.29, 0.717) is 12.8 Å². The number of allylic oxidation sites excluding steroid dienone is 10. The first-order chi connectivity index (χ1) is 30.1. The van der Waals surface area contributed by atoms with Crippen LogP contribution in [0, 0.1) is 0 Å². The van der Waals surface area contributed by atoms with Crippen LogP contribution in [0.3, 0.4) is 0 Å². The normalized spacial score (nSPS) is 12.6. The van der Waals surface area contributed by atoms with Crippen LogP contribution < -0.4 is 0 Å². The lowest BCUT2D eigenvalue weighted by atomic mass is 10.0. The second kappa shape index (κ2) is 51.9. The quantitative estimate of drug-likeness (QED) is 0.0375. The number of unbranched alkanes of at least 4 members (excludes halogenated alkanes) is 30. The van der Waals surface area contributed by atoms with Crippen molar-refractivity contribution in [3.05, 3.63) is 60.8 Å². The molecule has 5 nitrogen and oxygen atoms in total. The molecule has 0 aliphatic heterocycles. The summed E-state index contributed by atoms with van der Waals surface area (Å²) in [5.41, 5.74) is 0. The number of aliphatic hydroxyl groups excluding tert-OH is 1. The number of carbonyl (C=O) groups excluding carboxylic acids is 2. The zero-order valence-electron chi connectivity index (χ0n) is 40.4. The molecule has 0 aromatic rings. The van der Waals surface area contributed by atoms with Crippen LogP contribution in [0.1, 0.15) is 264 Å². The lowest BCUT2D eigenvalue weighted by molar-refractivity contribution is -0.161. The summed E-state index contributed by atoms with van der Waals surface area (Å²) >= 11 is 0. The van der Waals surface area contributed by atoms with Gasteiger partial charge in [0.25, 0.3) is 0 Å². The summed E-state index contributed by atoms with van der Waals surface area (Å²) in [5.74, 6) is -0.585. The van der Waals surface area contributed by atoms with E-state index in [-0.39, 0.29) is 25.2 Å². The van der Waals surface area contributed by atoms with E-state index in [2.05, 4.69) is 74.6 Å². The molecule has 0 saturated carbocycles. The largest absolute Gasteiger partial charge is 0.462 e. The van der Waals surface area contributed by atoms with Crippen LogP contribution in [-0.2, 0) is 19.1 Å². The van der Waals surface area contributed by atoms with Crippen LogP contribution in [0.15, 0.2) is 60.8 Å². The lowest BCUT2D eigenvalue weighted by Gasteiger charge is -2.15. The van der Waals surface area contributed by atoms with Crippen molar-refractivity contribution in [1.82, 2.24) is 0 Å². The predicted octanol–water partition coefficient (Wildman–Crippen LogP) is 17.5. The van der Waals surface area contributed by atoms with Crippen molar-refractivity contribution in [1.29, 1.82) is 0 Å². The number of hydrogen-bond donors (Lipinski definition) is 1. The van der Waals surface area contributed by atoms with Crippen LogP contribution in [0.5, 0.6) is 0 Å². The number of aliphatic hydroxyl groups is 1. The fraction of sp³-hybridized carbons (Fsp3) is 0.786. The first-order valence-corrected chi connectivity index (χ1v) is 26.3. The Bertz CT molecular complexity index is 1060. The van der Waals surface area contributed by atoms with Gasteiger partial charge in [-0.25, -0.2) is 0 Å². The molecule has 0 bridgehead atoms. The topological polar surface area (TPSA) is 72.8 Å². The molecule has 0 aromatic carbocycles. The van der Waals surface area contributed by atoms with E-state index < -0.39 is 6.10 Å². The molecular weight excluding hydrogens is 753 g/mol. The fourth-order valence-electron chi connectivity index (χ4n) is 7.64. The SMILES string of the molecule is CC/C=C\C/C=C\C/C=C\C/C=C\C/C=C\CCCCCCCCCCCCCCCCCCCCCCCCCC(=O)OC(CO)COC(=O)CCCCCCCCCC. The Labute approximate surface area is 379 Å². The minimum Gasteiger partial charge on any atom is -0.462 e. The van der Waals surface area contributed by atoms with E-state index in [1.807, 2.05) is 0 Å². The molecule has 1 N–H and O–H groups in total. The van der Waals surface area contributed by atoms with Crippen LogP contribution in [0.4, 0.5) is 0 Å². The van der Waals surface area contributed by atoms with Crippen molar-refractivity contribution in [2.75, 3.05) is 13.2 Å². The zero-order chi connectivity index (χ0) is 44.2. The van der Waals surface area contributed by atoms with Crippen molar-refractivity contribution in [2.24, 2.45) is 0 Å². The second-order valence-corrected chi connectivity index (χ2v) is 17.6. The molecule has 1 atom stereocenters. The average molecular weight is 853 g/mol. The minimum atomic E-state index is -0.766. The standard InChI is InChI=1S/C56H100O5/c1-3-5-7-9-11-13-14-15-16-17-18-19-20-21-22-23-24-25-26-27-28-29-30-31-32-33-34-35-36-37-38-39-40-41-42-43-45-47-49-51-56(59)61-54(52-57)53-60-55(58)50-48-46-44-12-10-8-6-4-2/h5,7,11,13,15-16,18-19,21-22,54,57H,3-4,6,8-10,12,14,17,20,23-53H2,1-2H3/b7-5-,13-11-,16-15-,19-18-,22-21-. The Balaban J connectivity index is 3.37. The van der Waals surface area contributed by atoms with Gasteiger partial charge in [0.05, 0.1) is 6.61 Å². The summed E-state index contributed by atoms with van der Waals surface area (Å²) in [7, 11) is 0. The van der Waals surface area contributed by atoms with Crippen molar-refractivity contribution in [2.45, 2.75) is 270 Å². The van der Waals surface area contributed by atoms with Gasteiger partial charge in [0.15, 0.2) is 6.10 Å². The molecular formula is C56H100O5. The van der Waals surface area contributed by atoms with Gasteiger partial charge < -0.3 is 14.6 Å². The second-order valence-electron chi connectivity index (χ2n) is 17.6. The Morgan fingerprint density at radius 1 is 0.393 bits per heavy atom. The molecule has 0 rings (SSSR count). The summed E-state index contributed by atoms with van der Waals surface area (Å²) in [5, 5.41) is 9.56. The van der Waals surface area contributed by atoms with Crippen molar-refractivity contribution in [3.63, 3.8) is 0 Å². The molecule has 1 unspecified atom stereocenters. The predicted molar refractivity (Wildman–Crippen MR) is 265 cm³/mol. The van der Waals surface area contributed by atoms with Gasteiger partial charge in [-0.2, -0.15) is 0 Å². The van der Waals surface area contributed by atoms with E-state index in [4.69, 9.17) is 9.47 Å². The highest BCUT2D eigenvalue weighted by molar-refractivity contribution is 5.70. The first-order valence-electron chi connectivity index (χ1n) is 26.3. The molecule has 0 amide bonds. The maximum Gasteiger partial charge on any atom is 0.306 e. The van der Waals surface area contributed by atoms with Crippen LogP contribution in [0.2, 0.25) is 0 Å². The van der Waals surface area contributed by atoms with Gasteiger partial charge >= 0.3 is 11.9 Å². The number of hydrogen-bond acceptors (Lipinski definition) is 5. The van der Waals surface area contributed by atoms with Gasteiger partial charge in [-0.05, 0) is 57.8 Å². The number of esters is 2. The highest BCUT2D eigenvalue weighted by Crippen LogP contribution is 2.17. The van der Waals surface area contributed by atoms with Crippen LogP contribution in [0.25, 0.3) is 0 Å². The maximum atomic E-state index is 12.2. The molecule has 354 valence electrons. The van der Waals surface area contributed by atoms with Crippen molar-refractivity contribution >= 4 is 11.9 Å². The minimum absolute atomic E-state index is 0.0616. The van der Waals surface area contributed by atoms with Gasteiger partial charge in [-0.15, -0.1) is 0 Å². The molecule has 5 heteroatoms. The fourth-order valence-corrected chi connectivity index (χ4v) is 7.64. The number of rotatable bonds is 48. The summed E-state index contributed by atoms with van der Waals surface area (Å²) in [6, 6.07) is 0. The molecule has 0 heterocycles. The zero-order valence-corrected chi connectivity index (χ0v) is 40.4. The van der Waals surface area contributed by atoms with Gasteiger partial charge in [0.2, 0.25) is 0 Å². The molecule has 0 saturated heterocycles. The van der Waals surface area contributed by atoms with Gasteiger partial charge in [0.1, 0.15) is 6.61 Å². The maximum absolute atomic E-state index is 12.2. The van der Waals surface area contributed by atoms with Crippen molar-refractivity contribution in [3.8, 4) is 0 Å². The first kappa shape index (κ1) is 58.6. The molecule has 0 spiro atoms. The van der Waals surface area contributed by atoms with E-state index in [1.165, 1.54) is 167 Å². The highest BCUT2D eigenvalue weighted by Gasteiger charge is 2.16.